The number of benzene rings is 1. The first-order valence-electron chi connectivity index (χ1n) is 8.79. The molecule has 1 heterocycles. The van der Waals surface area contributed by atoms with Crippen LogP contribution < -0.4 is 0 Å². The van der Waals surface area contributed by atoms with Crippen LogP contribution in [0.15, 0.2) is 39.6 Å². The molecule has 1 aromatic carbocycles. The summed E-state index contributed by atoms with van der Waals surface area (Å²) in [5.74, 6) is 0.527. The van der Waals surface area contributed by atoms with Crippen LogP contribution in [-0.2, 0) is 10.0 Å². The number of carbonyl (C=O) groups excluding carboxylic acids is 1. The molecule has 5 nitrogen and oxygen atoms in total. The van der Waals surface area contributed by atoms with Crippen LogP contribution in [0.25, 0.3) is 11.3 Å². The standard InChI is InChI=1S/C19H24ClNO4S/c1-3-5-11-21(12-6-4-2)26(23,24)16-8-9-18(20)17(13-16)19-10-7-15(14-22)25-19/h7-10,13-14H,3-6,11-12H2,1-2H3. The average molecular weight is 398 g/mol. The number of hydrogen-bond acceptors (Lipinski definition) is 4. The highest BCUT2D eigenvalue weighted by Gasteiger charge is 2.25. The van der Waals surface area contributed by atoms with Gasteiger partial charge in [-0.05, 0) is 43.2 Å². The highest BCUT2D eigenvalue weighted by molar-refractivity contribution is 7.89. The Morgan fingerprint density at radius 2 is 1.73 bits per heavy atom. The van der Waals surface area contributed by atoms with E-state index in [2.05, 4.69) is 0 Å². The van der Waals surface area contributed by atoms with Gasteiger partial charge in [0.1, 0.15) is 5.76 Å². The van der Waals surface area contributed by atoms with Gasteiger partial charge in [-0.15, -0.1) is 0 Å². The summed E-state index contributed by atoms with van der Waals surface area (Å²) in [6.07, 6.45) is 4.06. The lowest BCUT2D eigenvalue weighted by Gasteiger charge is -2.22. The maximum atomic E-state index is 13.1. The maximum Gasteiger partial charge on any atom is 0.243 e. The SMILES string of the molecule is CCCCN(CCCC)S(=O)(=O)c1ccc(Cl)c(-c2ccc(C=O)o2)c1. The van der Waals surface area contributed by atoms with Gasteiger partial charge >= 0.3 is 0 Å². The van der Waals surface area contributed by atoms with Crippen molar-refractivity contribution in [3.8, 4) is 11.3 Å². The first-order valence-corrected chi connectivity index (χ1v) is 10.6. The topological polar surface area (TPSA) is 67.6 Å². The Labute approximate surface area is 160 Å². The molecule has 0 saturated heterocycles. The molecular weight excluding hydrogens is 374 g/mol. The summed E-state index contributed by atoms with van der Waals surface area (Å²) in [5, 5.41) is 0.365. The Hall–Kier alpha value is -1.63. The van der Waals surface area contributed by atoms with E-state index in [-0.39, 0.29) is 10.7 Å². The summed E-state index contributed by atoms with van der Waals surface area (Å²) in [4.78, 5) is 11.0. The van der Waals surface area contributed by atoms with Gasteiger partial charge in [0.25, 0.3) is 0 Å². The minimum atomic E-state index is -3.63. The Morgan fingerprint density at radius 1 is 1.08 bits per heavy atom. The average Bonchev–Trinajstić information content (AvgIpc) is 3.10. The lowest BCUT2D eigenvalue weighted by atomic mass is 10.2. The second kappa shape index (κ2) is 9.35. The van der Waals surface area contributed by atoms with Crippen LogP contribution in [0.1, 0.15) is 50.1 Å². The Balaban J connectivity index is 2.41. The van der Waals surface area contributed by atoms with Gasteiger partial charge in [-0.25, -0.2) is 8.42 Å². The summed E-state index contributed by atoms with van der Waals surface area (Å²) < 4.78 is 33.1. The van der Waals surface area contributed by atoms with Crippen LogP contribution in [0.3, 0.4) is 0 Å². The molecule has 0 aliphatic carbocycles. The van der Waals surface area contributed by atoms with Gasteiger partial charge in [0.15, 0.2) is 12.0 Å². The molecule has 1 aromatic heterocycles. The smallest absolute Gasteiger partial charge is 0.243 e. The van der Waals surface area contributed by atoms with Gasteiger partial charge in [-0.2, -0.15) is 4.31 Å². The van der Waals surface area contributed by atoms with Crippen LogP contribution in [0, 0.1) is 0 Å². The largest absolute Gasteiger partial charge is 0.453 e. The van der Waals surface area contributed by atoms with E-state index in [1.165, 1.54) is 22.5 Å². The predicted molar refractivity (Wildman–Crippen MR) is 103 cm³/mol. The lowest BCUT2D eigenvalue weighted by Crippen LogP contribution is -2.33. The summed E-state index contributed by atoms with van der Waals surface area (Å²) in [6, 6.07) is 7.69. The van der Waals surface area contributed by atoms with E-state index >= 15 is 0 Å². The summed E-state index contributed by atoms with van der Waals surface area (Å²) in [5.41, 5.74) is 0.451. The molecule has 142 valence electrons. The molecule has 2 aromatic rings. The molecule has 0 aliphatic heterocycles. The molecule has 0 radical (unpaired) electrons. The molecule has 0 spiro atoms. The lowest BCUT2D eigenvalue weighted by molar-refractivity contribution is 0.110. The summed E-state index contributed by atoms with van der Waals surface area (Å²) >= 11 is 6.22. The molecule has 0 unspecified atom stereocenters. The summed E-state index contributed by atoms with van der Waals surface area (Å²) in [6.45, 7) is 5.05. The number of nitrogens with zero attached hydrogens (tertiary/aromatic N) is 1. The van der Waals surface area contributed by atoms with E-state index in [9.17, 15) is 13.2 Å². The number of carbonyl (C=O) groups is 1. The molecular formula is C19H24ClNO4S. The van der Waals surface area contributed by atoms with Crippen molar-refractivity contribution in [3.63, 3.8) is 0 Å². The number of sulfonamides is 1. The van der Waals surface area contributed by atoms with Gasteiger partial charge in [-0.1, -0.05) is 38.3 Å². The van der Waals surface area contributed by atoms with Crippen molar-refractivity contribution < 1.29 is 17.6 Å². The zero-order valence-electron chi connectivity index (χ0n) is 15.1. The molecule has 0 fully saturated rings. The van der Waals surface area contributed by atoms with E-state index in [1.54, 1.807) is 12.1 Å². The molecule has 2 rings (SSSR count). The van der Waals surface area contributed by atoms with Crippen LogP contribution >= 0.6 is 11.6 Å². The van der Waals surface area contributed by atoms with Crippen LogP contribution in [0.2, 0.25) is 5.02 Å². The first-order chi connectivity index (χ1) is 12.4. The van der Waals surface area contributed by atoms with Gasteiger partial charge in [0.05, 0.1) is 9.92 Å². The fourth-order valence-electron chi connectivity index (χ4n) is 2.58. The Kier molecular flexibility index (Phi) is 7.43. The minimum Gasteiger partial charge on any atom is -0.453 e. The van der Waals surface area contributed by atoms with Crippen molar-refractivity contribution in [2.45, 2.75) is 44.4 Å². The monoisotopic (exact) mass is 397 g/mol. The number of furan rings is 1. The van der Waals surface area contributed by atoms with Crippen molar-refractivity contribution in [1.29, 1.82) is 0 Å². The van der Waals surface area contributed by atoms with Crippen molar-refractivity contribution >= 4 is 27.9 Å². The number of aldehydes is 1. The molecule has 26 heavy (non-hydrogen) atoms. The first kappa shape index (κ1) is 20.7. The van der Waals surface area contributed by atoms with Crippen LogP contribution in [0.5, 0.6) is 0 Å². The van der Waals surface area contributed by atoms with Crippen LogP contribution in [0.4, 0.5) is 0 Å². The van der Waals surface area contributed by atoms with Gasteiger partial charge in [-0.3, -0.25) is 4.79 Å². The van der Waals surface area contributed by atoms with E-state index in [0.29, 0.717) is 35.7 Å². The third kappa shape index (κ3) is 4.75. The van der Waals surface area contributed by atoms with Crippen molar-refractivity contribution in [2.75, 3.05) is 13.1 Å². The molecule has 0 N–H and O–H groups in total. The zero-order chi connectivity index (χ0) is 19.2. The van der Waals surface area contributed by atoms with Gasteiger partial charge in [0, 0.05) is 18.7 Å². The second-order valence-corrected chi connectivity index (χ2v) is 8.42. The molecule has 0 saturated carbocycles. The van der Waals surface area contributed by atoms with E-state index < -0.39 is 10.0 Å². The number of hydrogen-bond donors (Lipinski definition) is 0. The molecule has 0 atom stereocenters. The molecule has 0 aliphatic rings. The van der Waals surface area contributed by atoms with Crippen LogP contribution in [-0.4, -0.2) is 32.1 Å². The number of halogens is 1. The number of rotatable bonds is 10. The maximum absolute atomic E-state index is 13.1. The predicted octanol–water partition coefficient (Wildman–Crippen LogP) is 5.00. The third-order valence-corrected chi connectivity index (χ3v) is 6.33. The Morgan fingerprint density at radius 3 is 2.27 bits per heavy atom. The third-order valence-electron chi connectivity index (χ3n) is 4.11. The van der Waals surface area contributed by atoms with E-state index in [0.717, 1.165) is 25.7 Å². The fourth-order valence-corrected chi connectivity index (χ4v) is 4.34. The van der Waals surface area contributed by atoms with E-state index in [1.807, 2.05) is 13.8 Å². The zero-order valence-corrected chi connectivity index (χ0v) is 16.6. The fraction of sp³-hybridized carbons (Fsp3) is 0.421. The van der Waals surface area contributed by atoms with Gasteiger partial charge < -0.3 is 4.42 Å². The van der Waals surface area contributed by atoms with Gasteiger partial charge in [0.2, 0.25) is 10.0 Å². The highest BCUT2D eigenvalue weighted by atomic mass is 35.5. The normalized spacial score (nSPS) is 11.8. The van der Waals surface area contributed by atoms with Crippen molar-refractivity contribution in [1.82, 2.24) is 4.31 Å². The second-order valence-electron chi connectivity index (χ2n) is 6.07. The molecule has 0 amide bonds. The van der Waals surface area contributed by atoms with Crippen molar-refractivity contribution in [3.05, 3.63) is 41.1 Å². The molecule has 0 bridgehead atoms. The molecule has 7 heteroatoms. The minimum absolute atomic E-state index is 0.164. The highest BCUT2D eigenvalue weighted by Crippen LogP contribution is 2.32. The quantitative estimate of drug-likeness (QED) is 0.529. The van der Waals surface area contributed by atoms with E-state index in [4.69, 9.17) is 16.0 Å². The summed E-state index contributed by atoms with van der Waals surface area (Å²) in [7, 11) is -3.63. The Bertz CT molecular complexity index is 837. The van der Waals surface area contributed by atoms with Crippen molar-refractivity contribution in [2.24, 2.45) is 0 Å². The number of unbranched alkanes of at least 4 members (excludes halogenated alkanes) is 2.